The van der Waals surface area contributed by atoms with Crippen molar-refractivity contribution >= 4 is 5.97 Å². The highest BCUT2D eigenvalue weighted by Crippen LogP contribution is 2.21. The van der Waals surface area contributed by atoms with Crippen LogP contribution in [0.3, 0.4) is 0 Å². The van der Waals surface area contributed by atoms with Crippen LogP contribution in [0.2, 0.25) is 0 Å². The second kappa shape index (κ2) is 8.70. The van der Waals surface area contributed by atoms with Crippen molar-refractivity contribution in [2.24, 2.45) is 12.5 Å². The Balaban J connectivity index is 1.96. The van der Waals surface area contributed by atoms with E-state index in [9.17, 15) is 4.79 Å². The number of unbranched alkanes of at least 4 members (excludes halogenated alkanes) is 3. The Morgan fingerprint density at radius 2 is 1.90 bits per heavy atom. The fourth-order valence-corrected chi connectivity index (χ4v) is 1.70. The number of aromatic nitrogens is 2. The number of aryl methyl sites for hydroxylation is 1. The lowest BCUT2D eigenvalue weighted by Gasteiger charge is -2.20. The third-order valence-corrected chi connectivity index (χ3v) is 3.64. The number of nitrogens with zero attached hydrogens (tertiary/aromatic N) is 2. The van der Waals surface area contributed by atoms with Gasteiger partial charge in [0.05, 0.1) is 31.2 Å². The van der Waals surface area contributed by atoms with Crippen LogP contribution >= 0.6 is 0 Å². The maximum atomic E-state index is 11.7. The van der Waals surface area contributed by atoms with Gasteiger partial charge in [0.2, 0.25) is 5.88 Å². The summed E-state index contributed by atoms with van der Waals surface area (Å²) in [5, 5.41) is 0. The molecule has 1 aromatic heterocycles. The van der Waals surface area contributed by atoms with Crippen LogP contribution in [0.25, 0.3) is 0 Å². The predicted molar refractivity (Wildman–Crippen MR) is 82.2 cm³/mol. The molecule has 120 valence electrons. The fraction of sp³-hybridized carbons (Fsp3) is 0.750. The van der Waals surface area contributed by atoms with Crippen LogP contribution in [0.15, 0.2) is 12.5 Å². The average Bonchev–Trinajstić information content (AvgIpc) is 2.87. The minimum Gasteiger partial charge on any atom is -0.477 e. The van der Waals surface area contributed by atoms with Crippen LogP contribution in [0.1, 0.15) is 52.9 Å². The summed E-state index contributed by atoms with van der Waals surface area (Å²) in [6.45, 7) is 7.04. The molecule has 21 heavy (non-hydrogen) atoms. The van der Waals surface area contributed by atoms with Crippen LogP contribution < -0.4 is 4.74 Å². The zero-order valence-electron chi connectivity index (χ0n) is 13.7. The molecule has 0 atom stereocenters. The molecule has 0 aliphatic carbocycles. The summed E-state index contributed by atoms with van der Waals surface area (Å²) in [4.78, 5) is 15.8. The van der Waals surface area contributed by atoms with E-state index in [1.54, 1.807) is 6.33 Å². The van der Waals surface area contributed by atoms with Gasteiger partial charge >= 0.3 is 5.97 Å². The largest absolute Gasteiger partial charge is 0.477 e. The Morgan fingerprint density at radius 3 is 2.48 bits per heavy atom. The molecule has 1 rings (SSSR count). The molecule has 0 saturated heterocycles. The molecule has 0 aliphatic heterocycles. The van der Waals surface area contributed by atoms with E-state index in [4.69, 9.17) is 9.47 Å². The number of hydrogen-bond acceptors (Lipinski definition) is 4. The second-order valence-electron chi connectivity index (χ2n) is 6.01. The highest BCUT2D eigenvalue weighted by molar-refractivity contribution is 5.75. The van der Waals surface area contributed by atoms with Crippen molar-refractivity contribution in [2.75, 3.05) is 13.2 Å². The van der Waals surface area contributed by atoms with Crippen LogP contribution in [0.4, 0.5) is 0 Å². The maximum absolute atomic E-state index is 11.7. The van der Waals surface area contributed by atoms with Gasteiger partial charge in [-0.15, -0.1) is 0 Å². The quantitative estimate of drug-likeness (QED) is 0.491. The van der Waals surface area contributed by atoms with Crippen molar-refractivity contribution < 1.29 is 14.3 Å². The minimum atomic E-state index is -0.365. The van der Waals surface area contributed by atoms with Crippen molar-refractivity contribution in [3.63, 3.8) is 0 Å². The molecule has 0 N–H and O–H groups in total. The Bertz CT molecular complexity index is 427. The molecule has 0 aliphatic rings. The molecule has 0 aromatic carbocycles. The predicted octanol–water partition coefficient (Wildman–Crippen LogP) is 3.34. The molecule has 0 radical (unpaired) electrons. The van der Waals surface area contributed by atoms with E-state index in [2.05, 4.69) is 4.98 Å². The molecular weight excluding hydrogens is 268 g/mol. The first-order chi connectivity index (χ1) is 9.95. The highest BCUT2D eigenvalue weighted by Gasteiger charge is 2.26. The van der Waals surface area contributed by atoms with E-state index in [1.165, 1.54) is 0 Å². The van der Waals surface area contributed by atoms with Crippen molar-refractivity contribution in [3.8, 4) is 5.88 Å². The zero-order chi connectivity index (χ0) is 15.7. The molecule has 0 bridgehead atoms. The molecule has 0 saturated carbocycles. The number of carbonyl (C=O) groups is 1. The summed E-state index contributed by atoms with van der Waals surface area (Å²) < 4.78 is 12.7. The van der Waals surface area contributed by atoms with E-state index in [0.29, 0.717) is 19.1 Å². The van der Waals surface area contributed by atoms with Crippen LogP contribution in [0, 0.1) is 5.41 Å². The summed E-state index contributed by atoms with van der Waals surface area (Å²) in [5.41, 5.74) is -0.365. The summed E-state index contributed by atoms with van der Waals surface area (Å²) in [7, 11) is 1.92. The lowest BCUT2D eigenvalue weighted by molar-refractivity contribution is -0.154. The normalized spacial score (nSPS) is 11.4. The maximum Gasteiger partial charge on any atom is 0.311 e. The standard InChI is InChI=1S/C16H28N2O3/c1-5-16(2,3)15(19)21-11-9-7-6-8-10-20-14-12-18(4)13-17-14/h12-13H,5-11H2,1-4H3. The van der Waals surface area contributed by atoms with Gasteiger partial charge in [-0.1, -0.05) is 6.92 Å². The molecule has 5 nitrogen and oxygen atoms in total. The summed E-state index contributed by atoms with van der Waals surface area (Å²) in [6.07, 6.45) is 8.40. The Labute approximate surface area is 127 Å². The van der Waals surface area contributed by atoms with Gasteiger partial charge in [0.1, 0.15) is 0 Å². The van der Waals surface area contributed by atoms with Gasteiger partial charge in [0.15, 0.2) is 0 Å². The first-order valence-electron chi connectivity index (χ1n) is 7.73. The van der Waals surface area contributed by atoms with Gasteiger partial charge in [0, 0.05) is 7.05 Å². The first-order valence-corrected chi connectivity index (χ1v) is 7.73. The molecule has 0 amide bonds. The number of hydrogen-bond donors (Lipinski definition) is 0. The molecule has 0 fully saturated rings. The van der Waals surface area contributed by atoms with Gasteiger partial charge < -0.3 is 14.0 Å². The molecule has 0 unspecified atom stereocenters. The SMILES string of the molecule is CCC(C)(C)C(=O)OCCCCCCOc1cn(C)cn1. The molecule has 5 heteroatoms. The van der Waals surface area contributed by atoms with Crippen molar-refractivity contribution in [2.45, 2.75) is 52.9 Å². The number of rotatable bonds is 10. The van der Waals surface area contributed by atoms with Gasteiger partial charge in [-0.25, -0.2) is 4.98 Å². The Hall–Kier alpha value is -1.52. The van der Waals surface area contributed by atoms with Crippen molar-refractivity contribution in [1.29, 1.82) is 0 Å². The highest BCUT2D eigenvalue weighted by atomic mass is 16.5. The fourth-order valence-electron chi connectivity index (χ4n) is 1.70. The average molecular weight is 296 g/mol. The van der Waals surface area contributed by atoms with E-state index >= 15 is 0 Å². The van der Waals surface area contributed by atoms with Crippen molar-refractivity contribution in [1.82, 2.24) is 9.55 Å². The zero-order valence-corrected chi connectivity index (χ0v) is 13.7. The third-order valence-electron chi connectivity index (χ3n) is 3.64. The lowest BCUT2D eigenvalue weighted by atomic mass is 9.91. The first kappa shape index (κ1) is 17.5. The second-order valence-corrected chi connectivity index (χ2v) is 6.01. The number of imidazole rings is 1. The summed E-state index contributed by atoms with van der Waals surface area (Å²) in [6, 6.07) is 0. The van der Waals surface area contributed by atoms with Crippen LogP contribution in [0.5, 0.6) is 5.88 Å². The molecule has 0 spiro atoms. The Morgan fingerprint density at radius 1 is 1.24 bits per heavy atom. The molecule has 1 heterocycles. The molecule has 1 aromatic rings. The number of carbonyl (C=O) groups excluding carboxylic acids is 1. The minimum absolute atomic E-state index is 0.0940. The van der Waals surface area contributed by atoms with E-state index in [1.807, 2.05) is 38.6 Å². The van der Waals surface area contributed by atoms with E-state index in [0.717, 1.165) is 32.1 Å². The van der Waals surface area contributed by atoms with Crippen LogP contribution in [-0.4, -0.2) is 28.7 Å². The van der Waals surface area contributed by atoms with E-state index in [-0.39, 0.29) is 11.4 Å². The van der Waals surface area contributed by atoms with Gasteiger partial charge in [-0.3, -0.25) is 4.79 Å². The summed E-state index contributed by atoms with van der Waals surface area (Å²) in [5.74, 6) is 0.580. The van der Waals surface area contributed by atoms with E-state index < -0.39 is 0 Å². The number of ether oxygens (including phenoxy) is 2. The third kappa shape index (κ3) is 6.65. The van der Waals surface area contributed by atoms with Gasteiger partial charge in [0.25, 0.3) is 0 Å². The van der Waals surface area contributed by atoms with Gasteiger partial charge in [-0.2, -0.15) is 0 Å². The molecular formula is C16H28N2O3. The van der Waals surface area contributed by atoms with Crippen molar-refractivity contribution in [3.05, 3.63) is 12.5 Å². The smallest absolute Gasteiger partial charge is 0.311 e. The van der Waals surface area contributed by atoms with Crippen LogP contribution in [-0.2, 0) is 16.6 Å². The van der Waals surface area contributed by atoms with Gasteiger partial charge in [-0.05, 0) is 46.0 Å². The topological polar surface area (TPSA) is 53.4 Å². The Kier molecular flexibility index (Phi) is 7.26. The summed E-state index contributed by atoms with van der Waals surface area (Å²) >= 11 is 0. The monoisotopic (exact) mass is 296 g/mol. The number of esters is 1. The lowest BCUT2D eigenvalue weighted by Crippen LogP contribution is -2.26.